The molecule has 2 rings (SSSR count). The monoisotopic (exact) mass is 217 g/mol. The van der Waals surface area contributed by atoms with Crippen molar-refractivity contribution in [3.63, 3.8) is 0 Å². The molecule has 4 heteroatoms. The van der Waals surface area contributed by atoms with Gasteiger partial charge in [0.2, 0.25) is 5.95 Å². The molecule has 82 valence electrons. The standard InChI is InChI=1S/C12H12FN3/c13-11-5-3-6-12(16-11)15-9-7-10-4-1-2-8-14-10/h1-6,8H,7,9H2,(H,15,16). The van der Waals surface area contributed by atoms with E-state index in [-0.39, 0.29) is 0 Å². The lowest BCUT2D eigenvalue weighted by molar-refractivity contribution is 0.585. The smallest absolute Gasteiger partial charge is 0.214 e. The molecule has 2 heterocycles. The second-order valence-corrected chi connectivity index (χ2v) is 3.34. The molecule has 1 N–H and O–H groups in total. The van der Waals surface area contributed by atoms with Crippen LogP contribution in [-0.2, 0) is 6.42 Å². The molecule has 0 atom stereocenters. The van der Waals surface area contributed by atoms with Gasteiger partial charge in [-0.3, -0.25) is 4.98 Å². The third kappa shape index (κ3) is 3.02. The molecule has 0 aliphatic rings. The number of rotatable bonds is 4. The van der Waals surface area contributed by atoms with Gasteiger partial charge >= 0.3 is 0 Å². The summed E-state index contributed by atoms with van der Waals surface area (Å²) in [6.07, 6.45) is 2.55. The summed E-state index contributed by atoms with van der Waals surface area (Å²) in [5, 5.41) is 3.04. The lowest BCUT2D eigenvalue weighted by Crippen LogP contribution is -2.07. The molecule has 0 bridgehead atoms. The summed E-state index contributed by atoms with van der Waals surface area (Å²) in [7, 11) is 0. The Morgan fingerprint density at radius 2 is 2.06 bits per heavy atom. The fraction of sp³-hybridized carbons (Fsp3) is 0.167. The van der Waals surface area contributed by atoms with E-state index in [1.54, 1.807) is 18.3 Å². The van der Waals surface area contributed by atoms with Gasteiger partial charge in [0.05, 0.1) is 0 Å². The van der Waals surface area contributed by atoms with Crippen molar-refractivity contribution in [3.05, 3.63) is 54.2 Å². The molecule has 0 radical (unpaired) electrons. The highest BCUT2D eigenvalue weighted by molar-refractivity contribution is 5.33. The average Bonchev–Trinajstić information content (AvgIpc) is 2.30. The van der Waals surface area contributed by atoms with Gasteiger partial charge < -0.3 is 5.32 Å². The van der Waals surface area contributed by atoms with E-state index in [0.717, 1.165) is 12.1 Å². The van der Waals surface area contributed by atoms with Crippen molar-refractivity contribution in [1.29, 1.82) is 0 Å². The minimum atomic E-state index is -0.470. The molecule has 0 unspecified atom stereocenters. The fourth-order valence-corrected chi connectivity index (χ4v) is 1.37. The predicted octanol–water partition coefficient (Wildman–Crippen LogP) is 2.27. The first-order valence-corrected chi connectivity index (χ1v) is 5.11. The first kappa shape index (κ1) is 10.5. The molecule has 0 aromatic carbocycles. The molecule has 0 saturated carbocycles. The minimum Gasteiger partial charge on any atom is -0.370 e. The second-order valence-electron chi connectivity index (χ2n) is 3.34. The maximum Gasteiger partial charge on any atom is 0.214 e. The van der Waals surface area contributed by atoms with Crippen molar-refractivity contribution in [1.82, 2.24) is 9.97 Å². The van der Waals surface area contributed by atoms with Gasteiger partial charge in [0.1, 0.15) is 5.82 Å². The average molecular weight is 217 g/mol. The van der Waals surface area contributed by atoms with Gasteiger partial charge in [0.15, 0.2) is 0 Å². The van der Waals surface area contributed by atoms with Crippen molar-refractivity contribution in [3.8, 4) is 0 Å². The largest absolute Gasteiger partial charge is 0.370 e. The van der Waals surface area contributed by atoms with Crippen LogP contribution < -0.4 is 5.32 Å². The number of hydrogen-bond donors (Lipinski definition) is 1. The summed E-state index contributed by atoms with van der Waals surface area (Å²) in [6, 6.07) is 10.5. The Morgan fingerprint density at radius 3 is 2.81 bits per heavy atom. The maximum atomic E-state index is 12.8. The summed E-state index contributed by atoms with van der Waals surface area (Å²) < 4.78 is 12.8. The highest BCUT2D eigenvalue weighted by Gasteiger charge is 1.96. The Kier molecular flexibility index (Phi) is 3.43. The van der Waals surface area contributed by atoms with Gasteiger partial charge in [-0.1, -0.05) is 12.1 Å². The van der Waals surface area contributed by atoms with Gasteiger partial charge in [-0.25, -0.2) is 4.98 Å². The molecule has 0 aliphatic carbocycles. The molecule has 0 aliphatic heterocycles. The first-order valence-electron chi connectivity index (χ1n) is 5.11. The first-order chi connectivity index (χ1) is 7.84. The van der Waals surface area contributed by atoms with Crippen LogP contribution in [0.2, 0.25) is 0 Å². The number of pyridine rings is 2. The van der Waals surface area contributed by atoms with E-state index in [0.29, 0.717) is 12.4 Å². The van der Waals surface area contributed by atoms with Crippen molar-refractivity contribution in [2.75, 3.05) is 11.9 Å². The van der Waals surface area contributed by atoms with Gasteiger partial charge in [0.25, 0.3) is 0 Å². The van der Waals surface area contributed by atoms with Crippen LogP contribution in [0.1, 0.15) is 5.69 Å². The summed E-state index contributed by atoms with van der Waals surface area (Å²) >= 11 is 0. The summed E-state index contributed by atoms with van der Waals surface area (Å²) in [5.41, 5.74) is 1.01. The quantitative estimate of drug-likeness (QED) is 0.798. The number of anilines is 1. The third-order valence-corrected chi connectivity index (χ3v) is 2.13. The highest BCUT2D eigenvalue weighted by Crippen LogP contribution is 2.03. The van der Waals surface area contributed by atoms with Crippen LogP contribution >= 0.6 is 0 Å². The SMILES string of the molecule is Fc1cccc(NCCc2ccccn2)n1. The summed E-state index contributed by atoms with van der Waals surface area (Å²) in [5.74, 6) is 0.0822. The Hall–Kier alpha value is -1.97. The summed E-state index contributed by atoms with van der Waals surface area (Å²) in [4.78, 5) is 7.90. The second kappa shape index (κ2) is 5.21. The van der Waals surface area contributed by atoms with Crippen LogP contribution in [0.3, 0.4) is 0 Å². The molecule has 0 fully saturated rings. The Morgan fingerprint density at radius 1 is 1.12 bits per heavy atom. The van der Waals surface area contributed by atoms with Crippen LogP contribution in [-0.4, -0.2) is 16.5 Å². The molecular weight excluding hydrogens is 205 g/mol. The lowest BCUT2D eigenvalue weighted by Gasteiger charge is -2.04. The normalized spacial score (nSPS) is 10.1. The van der Waals surface area contributed by atoms with E-state index in [4.69, 9.17) is 0 Å². The number of aromatic nitrogens is 2. The molecule has 0 saturated heterocycles. The van der Waals surface area contributed by atoms with E-state index in [1.807, 2.05) is 18.2 Å². The zero-order valence-electron chi connectivity index (χ0n) is 8.73. The van der Waals surface area contributed by atoms with Crippen LogP contribution in [0.25, 0.3) is 0 Å². The molecule has 16 heavy (non-hydrogen) atoms. The molecule has 2 aromatic rings. The number of halogens is 1. The van der Waals surface area contributed by atoms with Crippen molar-refractivity contribution in [2.24, 2.45) is 0 Å². The van der Waals surface area contributed by atoms with Gasteiger partial charge in [0, 0.05) is 24.9 Å². The number of nitrogens with zero attached hydrogens (tertiary/aromatic N) is 2. The van der Waals surface area contributed by atoms with E-state index in [9.17, 15) is 4.39 Å². The van der Waals surface area contributed by atoms with E-state index < -0.39 is 5.95 Å². The zero-order valence-corrected chi connectivity index (χ0v) is 8.73. The van der Waals surface area contributed by atoms with Crippen LogP contribution in [0, 0.1) is 5.95 Å². The van der Waals surface area contributed by atoms with Crippen molar-refractivity contribution in [2.45, 2.75) is 6.42 Å². The van der Waals surface area contributed by atoms with Crippen LogP contribution in [0.15, 0.2) is 42.6 Å². The van der Waals surface area contributed by atoms with Gasteiger partial charge in [-0.05, 0) is 24.3 Å². The van der Waals surface area contributed by atoms with E-state index in [2.05, 4.69) is 15.3 Å². The zero-order chi connectivity index (χ0) is 11.2. The van der Waals surface area contributed by atoms with Gasteiger partial charge in [-0.2, -0.15) is 4.39 Å². The van der Waals surface area contributed by atoms with E-state index >= 15 is 0 Å². The van der Waals surface area contributed by atoms with Crippen LogP contribution in [0.4, 0.5) is 10.2 Å². The molecule has 2 aromatic heterocycles. The van der Waals surface area contributed by atoms with Crippen LogP contribution in [0.5, 0.6) is 0 Å². The molecule has 3 nitrogen and oxygen atoms in total. The Balaban J connectivity index is 1.85. The predicted molar refractivity (Wildman–Crippen MR) is 60.6 cm³/mol. The highest BCUT2D eigenvalue weighted by atomic mass is 19.1. The molecule has 0 amide bonds. The third-order valence-electron chi connectivity index (χ3n) is 2.13. The van der Waals surface area contributed by atoms with E-state index in [1.165, 1.54) is 6.07 Å². The fourth-order valence-electron chi connectivity index (χ4n) is 1.37. The van der Waals surface area contributed by atoms with Crippen molar-refractivity contribution >= 4 is 5.82 Å². The lowest BCUT2D eigenvalue weighted by atomic mass is 10.3. The number of nitrogens with one attached hydrogen (secondary N) is 1. The van der Waals surface area contributed by atoms with Gasteiger partial charge in [-0.15, -0.1) is 0 Å². The Labute approximate surface area is 93.4 Å². The minimum absolute atomic E-state index is 0.470. The molecule has 0 spiro atoms. The van der Waals surface area contributed by atoms with Crippen molar-refractivity contribution < 1.29 is 4.39 Å². The maximum absolute atomic E-state index is 12.8. The molecular formula is C12H12FN3. The summed E-state index contributed by atoms with van der Waals surface area (Å²) in [6.45, 7) is 0.688. The number of hydrogen-bond acceptors (Lipinski definition) is 3. The Bertz CT molecular complexity index is 445. The topological polar surface area (TPSA) is 37.8 Å².